The molecule has 1 aromatic heterocycles. The molecule has 2 amide bonds. The number of rotatable bonds is 3. The van der Waals surface area contributed by atoms with E-state index in [2.05, 4.69) is 15.9 Å². The van der Waals surface area contributed by atoms with E-state index in [9.17, 15) is 9.59 Å². The molecule has 1 aromatic rings. The first-order valence-corrected chi connectivity index (χ1v) is 9.48. The van der Waals surface area contributed by atoms with Crippen LogP contribution < -0.4 is 9.47 Å². The van der Waals surface area contributed by atoms with E-state index in [1.807, 2.05) is 13.8 Å². The lowest BCUT2D eigenvalue weighted by Gasteiger charge is -2.35. The molecule has 0 aromatic carbocycles. The van der Waals surface area contributed by atoms with Gasteiger partial charge in [-0.2, -0.15) is 0 Å². The van der Waals surface area contributed by atoms with E-state index in [-0.39, 0.29) is 22.5 Å². The summed E-state index contributed by atoms with van der Waals surface area (Å²) in [7, 11) is 0. The predicted molar refractivity (Wildman–Crippen MR) is 98.4 cm³/mol. The van der Waals surface area contributed by atoms with Gasteiger partial charge in [-0.15, -0.1) is 11.3 Å². The normalized spacial score (nSPS) is 17.6. The van der Waals surface area contributed by atoms with Gasteiger partial charge in [0.2, 0.25) is 0 Å². The fraction of sp³-hybridized carbons (Fsp3) is 0.400. The molecule has 0 radical (unpaired) electrons. The number of carbonyl (C=O) groups excluding carboxylic acids is 2. The Kier molecular flexibility index (Phi) is 4.93. The fourth-order valence-electron chi connectivity index (χ4n) is 2.55. The first-order chi connectivity index (χ1) is 11.5. The molecule has 1 fully saturated rings. The molecule has 0 unspecified atom stereocenters. The van der Waals surface area contributed by atoms with Crippen molar-refractivity contribution in [3.8, 4) is 11.5 Å². The van der Waals surface area contributed by atoms with Crippen molar-refractivity contribution in [2.24, 2.45) is 0 Å². The molecule has 0 bridgehead atoms. The Bertz CT molecular complexity index is 731. The van der Waals surface area contributed by atoms with E-state index in [0.717, 1.165) is 3.79 Å². The number of ether oxygens (including phenoxy) is 2. The topological polar surface area (TPSA) is 59.1 Å². The van der Waals surface area contributed by atoms with Gasteiger partial charge in [0.1, 0.15) is 22.6 Å². The third-order valence-corrected chi connectivity index (χ3v) is 5.88. The van der Waals surface area contributed by atoms with Crippen LogP contribution in [0.3, 0.4) is 0 Å². The van der Waals surface area contributed by atoms with E-state index in [4.69, 9.17) is 21.7 Å². The largest absolute Gasteiger partial charge is 0.485 e. The van der Waals surface area contributed by atoms with E-state index in [0.29, 0.717) is 42.7 Å². The highest BCUT2D eigenvalue weighted by Crippen LogP contribution is 2.48. The van der Waals surface area contributed by atoms with Crippen molar-refractivity contribution in [2.75, 3.05) is 26.3 Å². The molecule has 0 aliphatic carbocycles. The molecule has 2 aliphatic rings. The first-order valence-electron chi connectivity index (χ1n) is 7.46. The highest BCUT2D eigenvalue weighted by Gasteiger charge is 2.38. The van der Waals surface area contributed by atoms with Crippen LogP contribution in [-0.4, -0.2) is 53.0 Å². The lowest BCUT2D eigenvalue weighted by molar-refractivity contribution is -0.133. The van der Waals surface area contributed by atoms with Crippen LogP contribution >= 0.6 is 39.5 Å². The van der Waals surface area contributed by atoms with Crippen molar-refractivity contribution in [3.63, 3.8) is 0 Å². The molecule has 6 nitrogen and oxygen atoms in total. The highest BCUT2D eigenvalue weighted by atomic mass is 79.9. The molecule has 0 spiro atoms. The zero-order chi connectivity index (χ0) is 17.4. The number of nitrogens with zero attached hydrogens (tertiary/aromatic N) is 2. The van der Waals surface area contributed by atoms with Crippen LogP contribution in [-0.2, 0) is 9.59 Å². The molecule has 0 saturated carbocycles. The second-order valence-corrected chi connectivity index (χ2v) is 7.77. The summed E-state index contributed by atoms with van der Waals surface area (Å²) in [6, 6.07) is 0. The van der Waals surface area contributed by atoms with Gasteiger partial charge in [-0.25, -0.2) is 0 Å². The maximum atomic E-state index is 12.7. The van der Waals surface area contributed by atoms with Crippen molar-refractivity contribution in [1.82, 2.24) is 9.80 Å². The Morgan fingerprint density at radius 1 is 1.12 bits per heavy atom. The summed E-state index contributed by atoms with van der Waals surface area (Å²) in [5.41, 5.74) is 0.0815. The Morgan fingerprint density at radius 2 is 1.67 bits per heavy atom. The van der Waals surface area contributed by atoms with Crippen molar-refractivity contribution in [3.05, 3.63) is 14.2 Å². The van der Waals surface area contributed by atoms with Crippen LogP contribution in [0.25, 0.3) is 6.08 Å². The van der Waals surface area contributed by atoms with Gasteiger partial charge in [0.25, 0.3) is 11.8 Å². The molecule has 0 atom stereocenters. The number of amides is 2. The van der Waals surface area contributed by atoms with Crippen LogP contribution in [0.2, 0.25) is 0 Å². The molecular formula is C15H15BrN2O4S2. The third kappa shape index (κ3) is 2.74. The molecule has 3 rings (SSSR count). The van der Waals surface area contributed by atoms with Crippen molar-refractivity contribution in [1.29, 1.82) is 0 Å². The summed E-state index contributed by atoms with van der Waals surface area (Å²) in [5, 5.41) is 0.251. The second-order valence-electron chi connectivity index (χ2n) is 5.03. The number of carbonyl (C=O) groups is 2. The summed E-state index contributed by atoms with van der Waals surface area (Å²) in [4.78, 5) is 28.9. The van der Waals surface area contributed by atoms with Crippen LogP contribution in [0, 0.1) is 0 Å². The minimum Gasteiger partial charge on any atom is -0.485 e. The van der Waals surface area contributed by atoms with Crippen LogP contribution in [0.4, 0.5) is 0 Å². The average molecular weight is 431 g/mol. The van der Waals surface area contributed by atoms with E-state index in [1.54, 1.807) is 6.08 Å². The lowest BCUT2D eigenvalue weighted by Crippen LogP contribution is -2.55. The summed E-state index contributed by atoms with van der Waals surface area (Å²) in [5.74, 6) is 0.411. The number of hydrogen-bond acceptors (Lipinski definition) is 6. The molecular weight excluding hydrogens is 416 g/mol. The highest BCUT2D eigenvalue weighted by molar-refractivity contribution is 9.11. The summed E-state index contributed by atoms with van der Waals surface area (Å²) >= 11 is 10.0. The summed E-state index contributed by atoms with van der Waals surface area (Å²) in [6.45, 7) is 5.37. The Morgan fingerprint density at radius 3 is 2.21 bits per heavy atom. The van der Waals surface area contributed by atoms with Gasteiger partial charge in [0.05, 0.1) is 4.88 Å². The fourth-order valence-corrected chi connectivity index (χ4v) is 4.65. The van der Waals surface area contributed by atoms with Gasteiger partial charge in [-0.05, 0) is 48.1 Å². The Labute approximate surface area is 157 Å². The Hall–Kier alpha value is -1.45. The van der Waals surface area contributed by atoms with E-state index < -0.39 is 0 Å². The van der Waals surface area contributed by atoms with Gasteiger partial charge in [0, 0.05) is 13.1 Å². The van der Waals surface area contributed by atoms with Gasteiger partial charge in [-0.1, -0.05) is 0 Å². The number of halogens is 1. The second kappa shape index (κ2) is 6.81. The maximum Gasteiger partial charge on any atom is 0.265 e. The molecule has 3 heterocycles. The standard InChI is InChI=1S/C15H15BrN2O4S2/c1-3-17-13(19)8(14(20)18(4-2)15(17)23)7-9-10-11(12(16)24-9)22-6-5-21-10/h7H,3-6H2,1-2H3. The van der Waals surface area contributed by atoms with Crippen molar-refractivity contribution < 1.29 is 19.1 Å². The zero-order valence-corrected chi connectivity index (χ0v) is 16.3. The smallest absolute Gasteiger partial charge is 0.265 e. The summed E-state index contributed by atoms with van der Waals surface area (Å²) in [6.07, 6.45) is 1.57. The maximum absolute atomic E-state index is 12.7. The molecule has 128 valence electrons. The zero-order valence-electron chi connectivity index (χ0n) is 13.1. The molecule has 1 saturated heterocycles. The van der Waals surface area contributed by atoms with Gasteiger partial charge in [-0.3, -0.25) is 19.4 Å². The van der Waals surface area contributed by atoms with Crippen LogP contribution in [0.5, 0.6) is 11.5 Å². The van der Waals surface area contributed by atoms with Gasteiger partial charge in [0.15, 0.2) is 16.6 Å². The van der Waals surface area contributed by atoms with Crippen LogP contribution in [0.15, 0.2) is 9.36 Å². The minimum absolute atomic E-state index is 0.0815. The minimum atomic E-state index is -0.382. The lowest BCUT2D eigenvalue weighted by atomic mass is 10.1. The van der Waals surface area contributed by atoms with Crippen molar-refractivity contribution in [2.45, 2.75) is 13.8 Å². The number of likely N-dealkylation sites (N-methyl/N-ethyl adjacent to an activating group) is 2. The molecule has 24 heavy (non-hydrogen) atoms. The number of fused-ring (bicyclic) bond motifs is 1. The number of thiophene rings is 1. The number of hydrogen-bond donors (Lipinski definition) is 0. The predicted octanol–water partition coefficient (Wildman–Crippen LogP) is 2.66. The van der Waals surface area contributed by atoms with E-state index in [1.165, 1.54) is 21.1 Å². The third-order valence-electron chi connectivity index (χ3n) is 3.71. The van der Waals surface area contributed by atoms with Crippen molar-refractivity contribution >= 4 is 62.5 Å². The molecule has 9 heteroatoms. The monoisotopic (exact) mass is 430 g/mol. The molecule has 0 N–H and O–H groups in total. The quantitative estimate of drug-likeness (QED) is 0.419. The summed E-state index contributed by atoms with van der Waals surface area (Å²) < 4.78 is 12.0. The Balaban J connectivity index is 2.06. The first kappa shape index (κ1) is 17.4. The average Bonchev–Trinajstić information content (AvgIpc) is 2.89. The van der Waals surface area contributed by atoms with Gasteiger partial charge >= 0.3 is 0 Å². The van der Waals surface area contributed by atoms with Crippen LogP contribution in [0.1, 0.15) is 18.7 Å². The van der Waals surface area contributed by atoms with E-state index >= 15 is 0 Å². The van der Waals surface area contributed by atoms with Gasteiger partial charge < -0.3 is 9.47 Å². The molecule has 2 aliphatic heterocycles. The number of thiocarbonyl (C=S) groups is 1. The SMILES string of the molecule is CCN1C(=O)C(=Cc2sc(Br)c3c2OCCO3)C(=O)N(CC)C1=S.